The van der Waals surface area contributed by atoms with E-state index in [0.29, 0.717) is 0 Å². The van der Waals surface area contributed by atoms with E-state index in [4.69, 9.17) is 4.55 Å². The molecule has 0 aromatic rings. The van der Waals surface area contributed by atoms with Crippen molar-refractivity contribution in [3.63, 3.8) is 0 Å². The maximum Gasteiger partial charge on any atom is 0.397 e. The molecule has 0 amide bonds. The van der Waals surface area contributed by atoms with Crippen LogP contribution in [0.1, 0.15) is 6.42 Å². The Balaban J connectivity index is 2.47. The van der Waals surface area contributed by atoms with Crippen LogP contribution >= 0.6 is 0 Å². The van der Waals surface area contributed by atoms with Crippen molar-refractivity contribution in [2.24, 2.45) is 0 Å². The van der Waals surface area contributed by atoms with Gasteiger partial charge < -0.3 is 4.74 Å². The Morgan fingerprint density at radius 1 is 1.64 bits per heavy atom. The van der Waals surface area contributed by atoms with Crippen molar-refractivity contribution in [3.05, 3.63) is 0 Å². The van der Waals surface area contributed by atoms with Crippen LogP contribution in [0.5, 0.6) is 0 Å². The highest BCUT2D eigenvalue weighted by molar-refractivity contribution is 7.80. The van der Waals surface area contributed by atoms with Gasteiger partial charge in [-0.25, -0.2) is 4.18 Å². The summed E-state index contributed by atoms with van der Waals surface area (Å²) in [6.07, 6.45) is -1.02. The van der Waals surface area contributed by atoms with Crippen molar-refractivity contribution in [2.45, 2.75) is 12.5 Å². The Morgan fingerprint density at radius 3 is 2.64 bits per heavy atom. The van der Waals surface area contributed by atoms with Gasteiger partial charge in [-0.15, -0.1) is 0 Å². The number of esters is 1. The third-order valence-electron chi connectivity index (χ3n) is 1.08. The highest BCUT2D eigenvalue weighted by Gasteiger charge is 2.28. The number of ether oxygens (including phenoxy) is 1. The molecule has 1 saturated heterocycles. The lowest BCUT2D eigenvalue weighted by Crippen LogP contribution is -2.17. The van der Waals surface area contributed by atoms with Gasteiger partial charge in [0, 0.05) is 0 Å². The Kier molecular flexibility index (Phi) is 2.12. The summed E-state index contributed by atoms with van der Waals surface area (Å²) in [5.41, 5.74) is 0. The van der Waals surface area contributed by atoms with Crippen molar-refractivity contribution >= 4 is 16.4 Å². The van der Waals surface area contributed by atoms with Crippen molar-refractivity contribution in [1.82, 2.24) is 0 Å². The Hall–Kier alpha value is -0.660. The van der Waals surface area contributed by atoms with Crippen LogP contribution in [0.2, 0.25) is 0 Å². The van der Waals surface area contributed by atoms with Crippen LogP contribution in [-0.2, 0) is 24.1 Å². The smallest absolute Gasteiger partial charge is 0.397 e. The fraction of sp³-hybridized carbons (Fsp3) is 0.750. The summed E-state index contributed by atoms with van der Waals surface area (Å²) in [7, 11) is -4.46. The minimum absolute atomic E-state index is 0.126. The van der Waals surface area contributed by atoms with Crippen LogP contribution in [0.15, 0.2) is 0 Å². The van der Waals surface area contributed by atoms with Crippen LogP contribution in [0.3, 0.4) is 0 Å². The van der Waals surface area contributed by atoms with Gasteiger partial charge in [0.2, 0.25) is 0 Å². The van der Waals surface area contributed by atoms with Crippen molar-refractivity contribution < 1.29 is 26.7 Å². The van der Waals surface area contributed by atoms with Crippen molar-refractivity contribution in [2.75, 3.05) is 6.61 Å². The summed E-state index contributed by atoms with van der Waals surface area (Å²) in [5, 5.41) is 0. The van der Waals surface area contributed by atoms with Gasteiger partial charge in [0.25, 0.3) is 0 Å². The summed E-state index contributed by atoms with van der Waals surface area (Å²) < 4.78 is 36.7. The minimum atomic E-state index is -4.46. The highest BCUT2D eigenvalue weighted by Crippen LogP contribution is 2.11. The van der Waals surface area contributed by atoms with Crippen molar-refractivity contribution in [3.8, 4) is 0 Å². The largest absolute Gasteiger partial charge is 0.463 e. The van der Waals surface area contributed by atoms with Gasteiger partial charge in [-0.3, -0.25) is 9.35 Å². The maximum atomic E-state index is 10.4. The molecule has 1 rings (SSSR count). The van der Waals surface area contributed by atoms with E-state index < -0.39 is 22.5 Å². The monoisotopic (exact) mass is 182 g/mol. The lowest BCUT2D eigenvalue weighted by Gasteiger charge is -2.02. The topological polar surface area (TPSA) is 89.9 Å². The van der Waals surface area contributed by atoms with Crippen LogP contribution < -0.4 is 0 Å². The molecule has 1 heterocycles. The van der Waals surface area contributed by atoms with Gasteiger partial charge in [0.15, 0.2) is 0 Å². The SMILES string of the molecule is O=C1CC(OS(=O)(=O)O)CO1. The molecule has 0 aliphatic carbocycles. The third-order valence-corrected chi connectivity index (χ3v) is 1.60. The second kappa shape index (κ2) is 2.76. The number of hydrogen-bond acceptors (Lipinski definition) is 5. The molecule has 64 valence electrons. The fourth-order valence-corrected chi connectivity index (χ4v) is 1.19. The summed E-state index contributed by atoms with van der Waals surface area (Å²) in [4.78, 5) is 10.4. The predicted molar refractivity (Wildman–Crippen MR) is 32.0 cm³/mol. The summed E-state index contributed by atoms with van der Waals surface area (Å²) >= 11 is 0. The van der Waals surface area contributed by atoms with E-state index in [1.807, 2.05) is 0 Å². The summed E-state index contributed by atoms with van der Waals surface area (Å²) in [5.74, 6) is -0.529. The highest BCUT2D eigenvalue weighted by atomic mass is 32.3. The normalized spacial score (nSPS) is 25.2. The molecule has 0 radical (unpaired) electrons. The standard InChI is InChI=1S/C4H6O6S/c5-4-1-3(2-9-4)10-11(6,7)8/h3H,1-2H2,(H,6,7,8). The number of carbonyl (C=O) groups is 1. The van der Waals surface area contributed by atoms with E-state index >= 15 is 0 Å². The molecule has 0 aromatic heterocycles. The number of cyclic esters (lactones) is 1. The van der Waals surface area contributed by atoms with Crippen LogP contribution in [0, 0.1) is 0 Å². The van der Waals surface area contributed by atoms with Gasteiger partial charge >= 0.3 is 16.4 Å². The molecule has 0 bridgehead atoms. The molecular weight excluding hydrogens is 176 g/mol. The lowest BCUT2D eigenvalue weighted by molar-refractivity contribution is -0.137. The molecule has 11 heavy (non-hydrogen) atoms. The van der Waals surface area contributed by atoms with Crippen LogP contribution in [0.4, 0.5) is 0 Å². The van der Waals surface area contributed by atoms with E-state index in [1.165, 1.54) is 0 Å². The number of rotatable bonds is 2. The van der Waals surface area contributed by atoms with Gasteiger partial charge in [-0.1, -0.05) is 0 Å². The Bertz CT molecular complexity index is 254. The average molecular weight is 182 g/mol. The molecule has 6 nitrogen and oxygen atoms in total. The average Bonchev–Trinajstić information content (AvgIpc) is 2.10. The first-order valence-electron chi connectivity index (χ1n) is 2.79. The summed E-state index contributed by atoms with van der Waals surface area (Å²) in [6, 6.07) is 0. The molecule has 1 aliphatic heterocycles. The van der Waals surface area contributed by atoms with E-state index in [2.05, 4.69) is 8.92 Å². The van der Waals surface area contributed by atoms with Gasteiger partial charge in [-0.05, 0) is 0 Å². The molecule has 1 atom stereocenters. The zero-order valence-electron chi connectivity index (χ0n) is 5.39. The predicted octanol–water partition coefficient (Wildman–Crippen LogP) is -0.879. The van der Waals surface area contributed by atoms with Gasteiger partial charge in [-0.2, -0.15) is 8.42 Å². The molecule has 1 unspecified atom stereocenters. The van der Waals surface area contributed by atoms with E-state index in [-0.39, 0.29) is 13.0 Å². The van der Waals surface area contributed by atoms with E-state index in [1.54, 1.807) is 0 Å². The van der Waals surface area contributed by atoms with E-state index in [9.17, 15) is 13.2 Å². The quantitative estimate of drug-likeness (QED) is 0.440. The van der Waals surface area contributed by atoms with Gasteiger partial charge in [0.05, 0.1) is 6.42 Å². The Morgan fingerprint density at radius 2 is 2.27 bits per heavy atom. The van der Waals surface area contributed by atoms with Crippen LogP contribution in [0.25, 0.3) is 0 Å². The second-order valence-electron chi connectivity index (χ2n) is 2.03. The lowest BCUT2D eigenvalue weighted by atomic mass is 10.3. The molecule has 1 N–H and O–H groups in total. The first-order chi connectivity index (χ1) is 4.97. The Labute approximate surface area is 63.1 Å². The zero-order valence-corrected chi connectivity index (χ0v) is 6.20. The molecule has 0 spiro atoms. The van der Waals surface area contributed by atoms with E-state index in [0.717, 1.165) is 0 Å². The van der Waals surface area contributed by atoms with Crippen molar-refractivity contribution in [1.29, 1.82) is 0 Å². The fourth-order valence-electron chi connectivity index (χ4n) is 0.723. The number of carbonyl (C=O) groups excluding carboxylic acids is 1. The molecular formula is C4H6O6S. The first kappa shape index (κ1) is 8.44. The maximum absolute atomic E-state index is 10.4. The molecule has 0 saturated carbocycles. The molecule has 7 heteroatoms. The summed E-state index contributed by atoms with van der Waals surface area (Å²) in [6.45, 7) is -0.126. The van der Waals surface area contributed by atoms with Gasteiger partial charge in [0.1, 0.15) is 12.7 Å². The molecule has 0 aromatic carbocycles. The first-order valence-corrected chi connectivity index (χ1v) is 4.15. The zero-order chi connectivity index (χ0) is 8.48. The number of hydrogen-bond donors (Lipinski definition) is 1. The minimum Gasteiger partial charge on any atom is -0.463 e. The molecule has 1 aliphatic rings. The third kappa shape index (κ3) is 2.83. The van der Waals surface area contributed by atoms with Crippen LogP contribution in [-0.4, -0.2) is 31.7 Å². The molecule has 1 fully saturated rings. The second-order valence-corrected chi connectivity index (χ2v) is 3.08.